The van der Waals surface area contributed by atoms with Crippen LogP contribution in [0.4, 0.5) is 0 Å². The van der Waals surface area contributed by atoms with Gasteiger partial charge in [-0.05, 0) is 74.5 Å². The van der Waals surface area contributed by atoms with Crippen LogP contribution in [0, 0.1) is 24.7 Å². The van der Waals surface area contributed by atoms with Crippen molar-refractivity contribution in [1.82, 2.24) is 9.21 Å². The van der Waals surface area contributed by atoms with Gasteiger partial charge in [-0.15, -0.1) is 0 Å². The predicted molar refractivity (Wildman–Crippen MR) is 114 cm³/mol. The maximum atomic E-state index is 13.4. The number of sulfonamides is 1. The van der Waals surface area contributed by atoms with Crippen LogP contribution in [0.5, 0.6) is 0 Å². The number of hydrogen-bond donors (Lipinski definition) is 0. The van der Waals surface area contributed by atoms with E-state index in [0.29, 0.717) is 36.2 Å². The molecule has 0 aliphatic carbocycles. The molecule has 6 heteroatoms. The number of carbonyl (C=O) groups excluding carboxylic acids is 1. The van der Waals surface area contributed by atoms with Gasteiger partial charge in [-0.2, -0.15) is 4.31 Å². The molecule has 3 aliphatic rings. The summed E-state index contributed by atoms with van der Waals surface area (Å²) < 4.78 is 28.5. The highest BCUT2D eigenvalue weighted by Crippen LogP contribution is 2.44. The third-order valence-corrected chi connectivity index (χ3v) is 8.96. The van der Waals surface area contributed by atoms with E-state index in [1.54, 1.807) is 16.4 Å². The fraction of sp³-hybridized carbons (Fsp3) is 0.696. The normalized spacial score (nSPS) is 30.5. The first-order valence-corrected chi connectivity index (χ1v) is 12.6. The fourth-order valence-electron chi connectivity index (χ4n) is 5.73. The fourth-order valence-corrected chi connectivity index (χ4v) is 7.39. The van der Waals surface area contributed by atoms with E-state index in [1.165, 1.54) is 0 Å². The molecule has 3 saturated heterocycles. The maximum Gasteiger partial charge on any atom is 0.243 e. The van der Waals surface area contributed by atoms with Crippen LogP contribution >= 0.6 is 0 Å². The molecule has 3 heterocycles. The highest BCUT2D eigenvalue weighted by Gasteiger charge is 2.50. The maximum absolute atomic E-state index is 13.4. The Kier molecular flexibility index (Phi) is 5.77. The smallest absolute Gasteiger partial charge is 0.243 e. The van der Waals surface area contributed by atoms with Gasteiger partial charge >= 0.3 is 0 Å². The molecule has 0 N–H and O–H groups in total. The molecule has 1 aromatic rings. The molecular weight excluding hydrogens is 384 g/mol. The summed E-state index contributed by atoms with van der Waals surface area (Å²) in [4.78, 5) is 15.4. The zero-order chi connectivity index (χ0) is 20.8. The number of nitrogens with zero attached hydrogens (tertiary/aromatic N) is 2. The van der Waals surface area contributed by atoms with E-state index in [0.717, 1.165) is 37.7 Å². The van der Waals surface area contributed by atoms with Gasteiger partial charge in [0.15, 0.2) is 0 Å². The number of rotatable bonds is 5. The lowest BCUT2D eigenvalue weighted by atomic mass is 9.71. The Morgan fingerprint density at radius 2 is 1.93 bits per heavy atom. The summed E-state index contributed by atoms with van der Waals surface area (Å²) in [5, 5.41) is 0. The van der Waals surface area contributed by atoms with Crippen molar-refractivity contribution in [2.75, 3.05) is 13.1 Å². The molecule has 0 saturated carbocycles. The third kappa shape index (κ3) is 3.98. The second kappa shape index (κ2) is 8.03. The molecular formula is C23H34N2O3S. The van der Waals surface area contributed by atoms with Gasteiger partial charge in [0.25, 0.3) is 0 Å². The average Bonchev–Trinajstić information content (AvgIpc) is 2.68. The molecule has 29 heavy (non-hydrogen) atoms. The van der Waals surface area contributed by atoms with Crippen LogP contribution in [0.1, 0.15) is 57.9 Å². The van der Waals surface area contributed by atoms with E-state index in [9.17, 15) is 13.2 Å². The van der Waals surface area contributed by atoms with Gasteiger partial charge in [0.2, 0.25) is 15.9 Å². The summed E-state index contributed by atoms with van der Waals surface area (Å²) in [5.74, 6) is 1.37. The first-order valence-electron chi connectivity index (χ1n) is 11.2. The minimum atomic E-state index is -3.50. The van der Waals surface area contributed by atoms with E-state index in [-0.39, 0.29) is 23.9 Å². The Morgan fingerprint density at radius 1 is 1.17 bits per heavy atom. The average molecular weight is 419 g/mol. The van der Waals surface area contributed by atoms with Gasteiger partial charge in [-0.25, -0.2) is 8.42 Å². The zero-order valence-corrected chi connectivity index (χ0v) is 18.7. The summed E-state index contributed by atoms with van der Waals surface area (Å²) in [7, 11) is -3.50. The van der Waals surface area contributed by atoms with Crippen LogP contribution in [-0.2, 0) is 14.8 Å². The van der Waals surface area contributed by atoms with Crippen LogP contribution in [0.25, 0.3) is 0 Å². The number of hydrogen-bond acceptors (Lipinski definition) is 3. The van der Waals surface area contributed by atoms with Gasteiger partial charge < -0.3 is 4.90 Å². The highest BCUT2D eigenvalue weighted by molar-refractivity contribution is 7.89. The van der Waals surface area contributed by atoms with Gasteiger partial charge in [0.1, 0.15) is 0 Å². The monoisotopic (exact) mass is 418 g/mol. The van der Waals surface area contributed by atoms with Crippen molar-refractivity contribution in [1.29, 1.82) is 0 Å². The SMILES string of the molecule is Cc1cccc(S(=O)(=O)N2C[C@H]3C[C@@H](C2)[C@H](CCC(C)C)N2C(=O)CCC[C@@H]32)c1. The number of fused-ring (bicyclic) bond motifs is 4. The van der Waals surface area contributed by atoms with E-state index in [2.05, 4.69) is 18.7 Å². The molecule has 0 radical (unpaired) electrons. The number of piperidine rings is 3. The molecule has 2 bridgehead atoms. The molecule has 1 amide bonds. The number of aryl methyl sites for hydroxylation is 1. The molecule has 5 nitrogen and oxygen atoms in total. The van der Waals surface area contributed by atoms with Gasteiger partial charge in [-0.1, -0.05) is 26.0 Å². The van der Waals surface area contributed by atoms with Crippen molar-refractivity contribution in [3.8, 4) is 0 Å². The molecule has 3 fully saturated rings. The van der Waals surface area contributed by atoms with Crippen molar-refractivity contribution in [2.24, 2.45) is 17.8 Å². The van der Waals surface area contributed by atoms with Crippen molar-refractivity contribution in [2.45, 2.75) is 76.3 Å². The Morgan fingerprint density at radius 3 is 2.66 bits per heavy atom. The molecule has 3 aliphatic heterocycles. The first-order chi connectivity index (χ1) is 13.8. The standard InChI is InChI=1S/C23H34N2O3S/c1-16(2)10-11-22-19-13-18(21-8-5-9-23(26)25(21)22)14-24(15-19)29(27,28)20-7-4-6-17(3)12-20/h4,6-7,12,16,18-19,21-22H,5,8-11,13-15H2,1-3H3/t18-,19+,21+,22+/m1/s1. The van der Waals surface area contributed by atoms with E-state index < -0.39 is 10.0 Å². The third-order valence-electron chi connectivity index (χ3n) is 7.13. The summed E-state index contributed by atoms with van der Waals surface area (Å²) in [6.07, 6.45) is 5.71. The summed E-state index contributed by atoms with van der Waals surface area (Å²) in [6.45, 7) is 7.44. The van der Waals surface area contributed by atoms with Crippen LogP contribution in [0.2, 0.25) is 0 Å². The zero-order valence-electron chi connectivity index (χ0n) is 17.9. The van der Waals surface area contributed by atoms with Crippen LogP contribution in [0.15, 0.2) is 29.2 Å². The number of benzene rings is 1. The lowest BCUT2D eigenvalue weighted by Gasteiger charge is -2.56. The topological polar surface area (TPSA) is 57.7 Å². The molecule has 1 aromatic carbocycles. The summed E-state index contributed by atoms with van der Waals surface area (Å²) >= 11 is 0. The Balaban J connectivity index is 1.64. The lowest BCUT2D eigenvalue weighted by molar-refractivity contribution is -0.151. The van der Waals surface area contributed by atoms with Crippen molar-refractivity contribution in [3.05, 3.63) is 29.8 Å². The number of amides is 1. The first kappa shape index (κ1) is 20.9. The van der Waals surface area contributed by atoms with Crippen molar-refractivity contribution >= 4 is 15.9 Å². The second-order valence-electron chi connectivity index (χ2n) is 9.69. The predicted octanol–water partition coefficient (Wildman–Crippen LogP) is 3.82. The molecule has 0 aromatic heterocycles. The Hall–Kier alpha value is -1.40. The van der Waals surface area contributed by atoms with Gasteiger partial charge in [0, 0.05) is 31.6 Å². The Bertz CT molecular complexity index is 867. The van der Waals surface area contributed by atoms with E-state index in [4.69, 9.17) is 0 Å². The quantitative estimate of drug-likeness (QED) is 0.730. The minimum absolute atomic E-state index is 0.182. The number of carbonyl (C=O) groups is 1. The molecule has 160 valence electrons. The van der Waals surface area contributed by atoms with Gasteiger partial charge in [0.05, 0.1) is 4.90 Å². The molecule has 4 atom stereocenters. The van der Waals surface area contributed by atoms with E-state index in [1.807, 2.05) is 19.1 Å². The van der Waals surface area contributed by atoms with Crippen molar-refractivity contribution in [3.63, 3.8) is 0 Å². The lowest BCUT2D eigenvalue weighted by Crippen LogP contribution is -2.65. The summed E-state index contributed by atoms with van der Waals surface area (Å²) in [6, 6.07) is 7.62. The molecule has 0 unspecified atom stereocenters. The largest absolute Gasteiger partial charge is 0.336 e. The van der Waals surface area contributed by atoms with E-state index >= 15 is 0 Å². The van der Waals surface area contributed by atoms with Gasteiger partial charge in [-0.3, -0.25) is 4.79 Å². The van der Waals surface area contributed by atoms with Crippen molar-refractivity contribution < 1.29 is 13.2 Å². The highest BCUT2D eigenvalue weighted by atomic mass is 32.2. The second-order valence-corrected chi connectivity index (χ2v) is 11.6. The van der Waals surface area contributed by atoms with Crippen LogP contribution < -0.4 is 0 Å². The van der Waals surface area contributed by atoms with Crippen LogP contribution in [-0.4, -0.2) is 48.7 Å². The molecule has 4 rings (SSSR count). The van der Waals surface area contributed by atoms with Crippen LogP contribution in [0.3, 0.4) is 0 Å². The summed E-state index contributed by atoms with van der Waals surface area (Å²) in [5.41, 5.74) is 0.960. The molecule has 0 spiro atoms. The Labute approximate surface area is 175 Å². The minimum Gasteiger partial charge on any atom is -0.336 e.